The lowest BCUT2D eigenvalue weighted by Gasteiger charge is -2.34. The summed E-state index contributed by atoms with van der Waals surface area (Å²) in [7, 11) is 2.91. The Morgan fingerprint density at radius 2 is 1.85 bits per heavy atom. The fourth-order valence-electron chi connectivity index (χ4n) is 4.42. The molecule has 6 nitrogen and oxygen atoms in total. The third kappa shape index (κ3) is 4.62. The summed E-state index contributed by atoms with van der Waals surface area (Å²) in [5, 5.41) is 3.93. The van der Waals surface area contributed by atoms with Gasteiger partial charge in [-0.2, -0.15) is 0 Å². The molecule has 0 bridgehead atoms. The van der Waals surface area contributed by atoms with Crippen molar-refractivity contribution in [1.29, 1.82) is 0 Å². The van der Waals surface area contributed by atoms with E-state index in [0.29, 0.717) is 46.4 Å². The monoisotopic (exact) mass is 467 g/mol. The van der Waals surface area contributed by atoms with Gasteiger partial charge in [0.15, 0.2) is 17.3 Å². The summed E-state index contributed by atoms with van der Waals surface area (Å²) in [5.74, 6) is 0.143. The van der Waals surface area contributed by atoms with Crippen molar-refractivity contribution in [3.8, 4) is 11.5 Å². The summed E-state index contributed by atoms with van der Waals surface area (Å²) in [6.45, 7) is 2.18. The van der Waals surface area contributed by atoms with Gasteiger partial charge in [0.1, 0.15) is 6.61 Å². The zero-order valence-corrected chi connectivity index (χ0v) is 19.6. The van der Waals surface area contributed by atoms with Gasteiger partial charge in [0, 0.05) is 34.3 Å². The molecule has 1 N–H and O–H groups in total. The fourth-order valence-corrected chi connectivity index (χ4v) is 4.55. The number of hydrogen-bond acceptors (Lipinski definition) is 6. The number of ether oxygens (including phenoxy) is 3. The van der Waals surface area contributed by atoms with Gasteiger partial charge < -0.3 is 19.5 Å². The van der Waals surface area contributed by atoms with Gasteiger partial charge in [-0.15, -0.1) is 0 Å². The molecule has 0 unspecified atom stereocenters. The number of allylic oxidation sites excluding steroid dienone is 3. The molecule has 7 heteroatoms. The number of methoxy groups -OCH3 is 2. The Hall–Kier alpha value is -3.25. The van der Waals surface area contributed by atoms with Crippen LogP contribution in [0.1, 0.15) is 43.2 Å². The van der Waals surface area contributed by atoms with Crippen LogP contribution in [0.5, 0.6) is 11.5 Å². The number of nitrogens with one attached hydrogen (secondary N) is 1. The van der Waals surface area contributed by atoms with Crippen molar-refractivity contribution >= 4 is 23.4 Å². The SMILES string of the molecule is COC(=O)C1=C(C)NC2=C(C(=O)CCC2)[C@@H]1c1ccc(OCc2ccc(Cl)cc2)c(OC)c1. The molecule has 33 heavy (non-hydrogen) atoms. The quantitative estimate of drug-likeness (QED) is 0.598. The molecule has 0 saturated carbocycles. The molecule has 0 spiro atoms. The lowest BCUT2D eigenvalue weighted by atomic mass is 9.75. The number of carbonyl (C=O) groups excluding carboxylic acids is 2. The van der Waals surface area contributed by atoms with Gasteiger partial charge >= 0.3 is 5.97 Å². The molecule has 2 aliphatic rings. The predicted molar refractivity (Wildman–Crippen MR) is 125 cm³/mol. The van der Waals surface area contributed by atoms with Crippen LogP contribution < -0.4 is 14.8 Å². The molecule has 1 atom stereocenters. The van der Waals surface area contributed by atoms with E-state index in [-0.39, 0.29) is 5.78 Å². The Morgan fingerprint density at radius 3 is 2.55 bits per heavy atom. The van der Waals surface area contributed by atoms with Crippen LogP contribution in [0.3, 0.4) is 0 Å². The van der Waals surface area contributed by atoms with E-state index < -0.39 is 11.9 Å². The standard InChI is InChI=1S/C26H26ClNO5/c1-15-23(26(30)32-3)24(25-19(28-15)5-4-6-20(25)29)17-9-12-21(22(13-17)31-2)33-14-16-7-10-18(27)11-8-16/h7-13,24,28H,4-6,14H2,1-3H3/t24-/m1/s1. The zero-order valence-electron chi connectivity index (χ0n) is 18.9. The number of esters is 1. The first kappa shape index (κ1) is 22.9. The second kappa shape index (κ2) is 9.71. The molecule has 4 rings (SSSR count). The summed E-state index contributed by atoms with van der Waals surface area (Å²) < 4.78 is 16.6. The van der Waals surface area contributed by atoms with Gasteiger partial charge in [-0.1, -0.05) is 29.8 Å². The van der Waals surface area contributed by atoms with Crippen LogP contribution in [0, 0.1) is 0 Å². The molecule has 172 valence electrons. The van der Waals surface area contributed by atoms with Crippen molar-refractivity contribution in [1.82, 2.24) is 5.32 Å². The Bertz CT molecular complexity index is 1150. The highest BCUT2D eigenvalue weighted by Gasteiger charge is 2.39. The summed E-state index contributed by atoms with van der Waals surface area (Å²) in [6.07, 6.45) is 2.02. The first-order valence-corrected chi connectivity index (χ1v) is 11.2. The van der Waals surface area contributed by atoms with Crippen LogP contribution >= 0.6 is 11.6 Å². The van der Waals surface area contributed by atoms with E-state index in [1.54, 1.807) is 7.11 Å². The van der Waals surface area contributed by atoms with E-state index in [2.05, 4.69) is 5.32 Å². The number of hydrogen-bond donors (Lipinski definition) is 1. The fraction of sp³-hybridized carbons (Fsp3) is 0.308. The predicted octanol–water partition coefficient (Wildman–Crippen LogP) is 5.07. The highest BCUT2D eigenvalue weighted by molar-refractivity contribution is 6.30. The molecule has 1 aliphatic heterocycles. The van der Waals surface area contributed by atoms with Crippen molar-refractivity contribution in [2.45, 2.75) is 38.7 Å². The molecule has 0 fully saturated rings. The second-order valence-electron chi connectivity index (χ2n) is 8.08. The van der Waals surface area contributed by atoms with Crippen molar-refractivity contribution in [2.24, 2.45) is 0 Å². The molecule has 1 heterocycles. The first-order chi connectivity index (χ1) is 15.9. The summed E-state index contributed by atoms with van der Waals surface area (Å²) in [6, 6.07) is 12.9. The second-order valence-corrected chi connectivity index (χ2v) is 8.52. The molecular weight excluding hydrogens is 442 g/mol. The minimum Gasteiger partial charge on any atom is -0.493 e. The number of carbonyl (C=O) groups is 2. The molecule has 2 aromatic rings. The Balaban J connectivity index is 1.71. The van der Waals surface area contributed by atoms with E-state index in [9.17, 15) is 9.59 Å². The van der Waals surface area contributed by atoms with Crippen LogP contribution in [0.2, 0.25) is 5.02 Å². The van der Waals surface area contributed by atoms with Crippen molar-refractivity contribution in [3.05, 3.63) is 81.2 Å². The molecule has 0 saturated heterocycles. The van der Waals surface area contributed by atoms with Gasteiger partial charge in [-0.25, -0.2) is 4.79 Å². The maximum atomic E-state index is 12.9. The van der Waals surface area contributed by atoms with E-state index in [4.69, 9.17) is 25.8 Å². The number of ketones is 1. The highest BCUT2D eigenvalue weighted by atomic mass is 35.5. The summed E-state index contributed by atoms with van der Waals surface area (Å²) in [5.41, 5.74) is 4.38. The largest absolute Gasteiger partial charge is 0.493 e. The Labute approximate surface area is 198 Å². The van der Waals surface area contributed by atoms with Gasteiger partial charge in [-0.05, 0) is 55.2 Å². The molecule has 0 amide bonds. The normalized spacial score (nSPS) is 17.9. The van der Waals surface area contributed by atoms with Crippen LogP contribution in [-0.2, 0) is 20.9 Å². The van der Waals surface area contributed by atoms with Crippen LogP contribution in [0.25, 0.3) is 0 Å². The van der Waals surface area contributed by atoms with Crippen molar-refractivity contribution < 1.29 is 23.8 Å². The van der Waals surface area contributed by atoms with Gasteiger partial charge in [0.05, 0.1) is 19.8 Å². The number of halogens is 1. The maximum absolute atomic E-state index is 12.9. The number of rotatable bonds is 6. The van der Waals surface area contributed by atoms with E-state index in [0.717, 1.165) is 29.7 Å². The summed E-state index contributed by atoms with van der Waals surface area (Å²) >= 11 is 5.95. The average Bonchev–Trinajstić information content (AvgIpc) is 2.82. The minimum atomic E-state index is -0.527. The molecule has 2 aromatic carbocycles. The van der Waals surface area contributed by atoms with Crippen molar-refractivity contribution in [3.63, 3.8) is 0 Å². The van der Waals surface area contributed by atoms with Gasteiger partial charge in [0.25, 0.3) is 0 Å². The van der Waals surface area contributed by atoms with E-state index in [1.165, 1.54) is 7.11 Å². The number of Topliss-reactive ketones (excluding diaryl/α,β-unsaturated/α-hetero) is 1. The lowest BCUT2D eigenvalue weighted by molar-refractivity contribution is -0.136. The lowest BCUT2D eigenvalue weighted by Crippen LogP contribution is -2.34. The van der Waals surface area contributed by atoms with Crippen molar-refractivity contribution in [2.75, 3.05) is 14.2 Å². The minimum absolute atomic E-state index is 0.0460. The van der Waals surface area contributed by atoms with Crippen LogP contribution in [0.15, 0.2) is 65.0 Å². The van der Waals surface area contributed by atoms with Gasteiger partial charge in [-0.3, -0.25) is 4.79 Å². The number of benzene rings is 2. The Morgan fingerprint density at radius 1 is 1.09 bits per heavy atom. The maximum Gasteiger partial charge on any atom is 0.336 e. The molecular formula is C26H26ClNO5. The third-order valence-electron chi connectivity index (χ3n) is 6.01. The highest BCUT2D eigenvalue weighted by Crippen LogP contribution is 2.44. The van der Waals surface area contributed by atoms with Crippen LogP contribution in [0.4, 0.5) is 0 Å². The van der Waals surface area contributed by atoms with E-state index in [1.807, 2.05) is 49.4 Å². The van der Waals surface area contributed by atoms with Crippen LogP contribution in [-0.4, -0.2) is 26.0 Å². The smallest absolute Gasteiger partial charge is 0.336 e. The summed E-state index contributed by atoms with van der Waals surface area (Å²) in [4.78, 5) is 25.7. The zero-order chi connectivity index (χ0) is 23.5. The van der Waals surface area contributed by atoms with E-state index >= 15 is 0 Å². The third-order valence-corrected chi connectivity index (χ3v) is 6.26. The molecule has 0 radical (unpaired) electrons. The Kier molecular flexibility index (Phi) is 6.75. The van der Waals surface area contributed by atoms with Gasteiger partial charge in [0.2, 0.25) is 0 Å². The number of dihydropyridines is 1. The average molecular weight is 468 g/mol. The molecule has 1 aliphatic carbocycles. The molecule has 0 aromatic heterocycles. The first-order valence-electron chi connectivity index (χ1n) is 10.8. The topological polar surface area (TPSA) is 73.9 Å².